The summed E-state index contributed by atoms with van der Waals surface area (Å²) in [6.07, 6.45) is -2.48. The molecule has 13 nitrogen and oxygen atoms in total. The number of aromatic amines is 1. The summed E-state index contributed by atoms with van der Waals surface area (Å²) in [7, 11) is -8.38. The molecule has 0 aliphatic carbocycles. The fourth-order valence-corrected chi connectivity index (χ4v) is 4.66. The van der Waals surface area contributed by atoms with E-state index in [1.165, 1.54) is 0 Å². The molecule has 0 saturated carbocycles. The molecule has 1 fully saturated rings. The summed E-state index contributed by atoms with van der Waals surface area (Å²) in [5.41, 5.74) is -4.92. The van der Waals surface area contributed by atoms with Gasteiger partial charge < -0.3 is 24.5 Å². The van der Waals surface area contributed by atoms with Crippen molar-refractivity contribution < 1.29 is 51.3 Å². The van der Waals surface area contributed by atoms with E-state index in [2.05, 4.69) is 8.83 Å². The summed E-state index contributed by atoms with van der Waals surface area (Å²) in [6, 6.07) is 0. The number of nitrogens with zero attached hydrogens (tertiary/aromatic N) is 1. The van der Waals surface area contributed by atoms with Gasteiger partial charge in [0.1, 0.15) is 21.3 Å². The molecule has 0 spiro atoms. The second kappa shape index (κ2) is 7.25. The largest absolute Gasteiger partial charge is 0.480 e. The minimum Gasteiger partial charge on any atom is -0.389 e. The number of hydrogen-bond donors (Lipinski definition) is 5. The first kappa shape index (κ1) is 24.2. The molecule has 2 rings (SSSR count). The number of ether oxygens (including phenoxy) is 1. The van der Waals surface area contributed by atoms with Gasteiger partial charge in [-0.3, -0.25) is 18.9 Å². The number of halogens is 2. The number of aliphatic hydroxyl groups is 1. The highest BCUT2D eigenvalue weighted by atomic mass is 31.3. The van der Waals surface area contributed by atoms with Gasteiger partial charge in [-0.2, -0.15) is 8.70 Å². The molecule has 0 aromatic carbocycles. The van der Waals surface area contributed by atoms with Crippen molar-refractivity contribution in [3.8, 4) is 0 Å². The van der Waals surface area contributed by atoms with E-state index in [1.807, 2.05) is 0 Å². The van der Waals surface area contributed by atoms with Crippen LogP contribution < -0.4 is 11.2 Å². The molecule has 0 bridgehead atoms. The number of phosphoric ester groups is 1. The molecule has 1 aliphatic rings. The third kappa shape index (κ3) is 4.81. The summed E-state index contributed by atoms with van der Waals surface area (Å²) in [5.74, 6) is -4.59. The maximum absolute atomic E-state index is 15.5. The van der Waals surface area contributed by atoms with Gasteiger partial charge in [0.2, 0.25) is 11.7 Å². The topological polar surface area (TPSA) is 198 Å². The van der Waals surface area contributed by atoms with Crippen molar-refractivity contribution in [2.75, 3.05) is 0 Å². The Hall–Kier alpha value is -1.09. The Bertz CT molecular complexity index is 1030. The van der Waals surface area contributed by atoms with E-state index in [-0.39, 0.29) is 0 Å². The first-order valence-electron chi connectivity index (χ1n) is 7.71. The number of aliphatic hydroxyl groups excluding tert-OH is 1. The molecule has 0 radical (unpaired) electrons. The van der Waals surface area contributed by atoms with Gasteiger partial charge in [0.25, 0.3) is 5.56 Å². The summed E-state index contributed by atoms with van der Waals surface area (Å²) in [5, 5.41) is 7.80. The molecule has 4 atom stereocenters. The van der Waals surface area contributed by atoms with Crippen LogP contribution in [0, 0.1) is 5.82 Å². The Morgan fingerprint density at radius 2 is 1.90 bits per heavy atom. The highest BCUT2D eigenvalue weighted by molar-refractivity contribution is 7.60. The predicted molar refractivity (Wildman–Crippen MR) is 97.2 cm³/mol. The Labute approximate surface area is 163 Å². The van der Waals surface area contributed by atoms with Crippen molar-refractivity contribution in [1.82, 2.24) is 9.55 Å². The molecule has 160 valence electrons. The van der Waals surface area contributed by atoms with Crippen LogP contribution in [0.25, 0.3) is 0 Å². The minimum atomic E-state index is -5.53. The lowest BCUT2D eigenvalue weighted by atomic mass is 9.60. The van der Waals surface area contributed by atoms with Gasteiger partial charge in [-0.25, -0.2) is 18.3 Å². The highest BCUT2D eigenvalue weighted by Gasteiger charge is 2.63. The number of hydrogen-bond acceptors (Lipinski definition) is 8. The summed E-state index contributed by atoms with van der Waals surface area (Å²) in [6.45, 7) is 0. The van der Waals surface area contributed by atoms with E-state index < -0.39 is 62.1 Å². The number of aromatic nitrogens is 2. The summed E-state index contributed by atoms with van der Waals surface area (Å²) in [4.78, 5) is 51.5. The van der Waals surface area contributed by atoms with Gasteiger partial charge in [0.15, 0.2) is 7.85 Å². The van der Waals surface area contributed by atoms with Gasteiger partial charge in [0, 0.05) is 6.42 Å². The van der Waals surface area contributed by atoms with Crippen molar-refractivity contribution in [3.05, 3.63) is 32.9 Å². The fraction of sp³-hybridized carbons (Fsp3) is 0.556. The normalized spacial score (nSPS) is 30.2. The van der Waals surface area contributed by atoms with Crippen molar-refractivity contribution in [2.45, 2.75) is 29.4 Å². The molecule has 20 heteroatoms. The SMILES string of the molecule is BC(B)(OP(=O)(O)OP(=O)(O)O)[C@]1(F)C[C@@H](O)[C@](B)(n2cc(F)c(=O)[nH]c2=O)O1. The molecule has 5 N–H and O–H groups in total. The predicted octanol–water partition coefficient (Wildman–Crippen LogP) is -4.49. The molecule has 1 aromatic rings. The lowest BCUT2D eigenvalue weighted by Crippen LogP contribution is -2.56. The maximum atomic E-state index is 15.5. The monoisotopic (exact) mass is 460 g/mol. The van der Waals surface area contributed by atoms with Crippen molar-refractivity contribution >= 4 is 39.2 Å². The Morgan fingerprint density at radius 1 is 1.34 bits per heavy atom. The van der Waals surface area contributed by atoms with E-state index in [9.17, 15) is 33.1 Å². The van der Waals surface area contributed by atoms with E-state index in [0.29, 0.717) is 10.8 Å². The van der Waals surface area contributed by atoms with E-state index >= 15 is 4.39 Å². The molecular weight excluding hydrogens is 444 g/mol. The second-order valence-electron chi connectivity index (χ2n) is 6.85. The van der Waals surface area contributed by atoms with E-state index in [1.54, 1.807) is 4.98 Å². The molecule has 1 unspecified atom stereocenters. The minimum absolute atomic E-state index is 0.372. The van der Waals surface area contributed by atoms with Crippen molar-refractivity contribution in [1.29, 1.82) is 0 Å². The number of H-pyrrole nitrogens is 1. The van der Waals surface area contributed by atoms with Crippen molar-refractivity contribution in [3.63, 3.8) is 0 Å². The molecular formula is C9H15B3F2N2O11P2. The first-order chi connectivity index (χ1) is 12.8. The molecule has 1 aromatic heterocycles. The van der Waals surface area contributed by atoms with Crippen LogP contribution in [-0.4, -0.2) is 70.2 Å². The first-order valence-corrected chi connectivity index (χ1v) is 10.7. The molecule has 29 heavy (non-hydrogen) atoms. The van der Waals surface area contributed by atoms with Crippen LogP contribution in [0.15, 0.2) is 15.8 Å². The Kier molecular flexibility index (Phi) is 6.05. The highest BCUT2D eigenvalue weighted by Crippen LogP contribution is 2.61. The zero-order valence-electron chi connectivity index (χ0n) is 15.1. The molecule has 0 amide bonds. The molecule has 2 heterocycles. The Morgan fingerprint density at radius 3 is 2.41 bits per heavy atom. The van der Waals surface area contributed by atoms with Crippen LogP contribution in [0.2, 0.25) is 0 Å². The lowest BCUT2D eigenvalue weighted by molar-refractivity contribution is -0.219. The fourth-order valence-electron chi connectivity index (χ4n) is 2.74. The number of phosphoric acid groups is 2. The van der Waals surface area contributed by atoms with Gasteiger partial charge in [-0.05, 0) is 0 Å². The van der Waals surface area contributed by atoms with Gasteiger partial charge in [-0.15, -0.1) is 0 Å². The lowest BCUT2D eigenvalue weighted by Gasteiger charge is -2.39. The van der Waals surface area contributed by atoms with Gasteiger partial charge in [0.05, 0.1) is 17.7 Å². The third-order valence-electron chi connectivity index (χ3n) is 4.27. The van der Waals surface area contributed by atoms with E-state index in [4.69, 9.17) is 14.5 Å². The zero-order chi connectivity index (χ0) is 22.6. The number of nitrogens with one attached hydrogen (secondary N) is 1. The van der Waals surface area contributed by atoms with Crippen molar-refractivity contribution in [2.24, 2.45) is 0 Å². The van der Waals surface area contributed by atoms with Crippen LogP contribution in [0.5, 0.6) is 0 Å². The van der Waals surface area contributed by atoms with E-state index in [0.717, 1.165) is 23.5 Å². The molecule has 1 aliphatic heterocycles. The zero-order valence-corrected chi connectivity index (χ0v) is 16.9. The quantitative estimate of drug-likeness (QED) is 0.203. The summed E-state index contributed by atoms with van der Waals surface area (Å²) < 4.78 is 65.3. The van der Waals surface area contributed by atoms with Gasteiger partial charge >= 0.3 is 21.3 Å². The van der Waals surface area contributed by atoms with Gasteiger partial charge in [-0.1, -0.05) is 0 Å². The van der Waals surface area contributed by atoms with Crippen LogP contribution in [0.1, 0.15) is 6.42 Å². The second-order valence-corrected chi connectivity index (χ2v) is 9.61. The average molecular weight is 460 g/mol. The van der Waals surface area contributed by atoms with Crippen LogP contribution in [0.3, 0.4) is 0 Å². The number of rotatable bonds is 6. The number of alkyl halides is 1. The molecule has 1 saturated heterocycles. The van der Waals surface area contributed by atoms with Crippen LogP contribution in [-0.2, 0) is 28.3 Å². The average Bonchev–Trinajstić information content (AvgIpc) is 2.71. The third-order valence-corrected chi connectivity index (χ3v) is 6.64. The van der Waals surface area contributed by atoms with Crippen LogP contribution in [0.4, 0.5) is 8.78 Å². The standard InChI is InChI=1S/C9H15B3F2N2O11P2/c10-8(16-2-3(13)5(18)15-6(16)19)4(17)1-7(14,25-8)9(11,12)26-29(23,24)27-28(20,21)22/h2,4,17H,1,10-12H2,(H,23,24)(H,15,18,19)(H2,20,21,22)/t4-,7+,8+/m1/s1. The maximum Gasteiger partial charge on any atom is 0.480 e. The van der Waals surface area contributed by atoms with Crippen LogP contribution >= 0.6 is 15.6 Å². The smallest absolute Gasteiger partial charge is 0.389 e. The Balaban J connectivity index is 2.43. The summed E-state index contributed by atoms with van der Waals surface area (Å²) >= 11 is 0.